The van der Waals surface area contributed by atoms with Crippen LogP contribution in [0.2, 0.25) is 0 Å². The molecule has 0 atom stereocenters. The summed E-state index contributed by atoms with van der Waals surface area (Å²) in [6.07, 6.45) is 0. The molecular formula is C2H8ClO3PS. The molecule has 52 valence electrons. The highest BCUT2D eigenvalue weighted by Gasteiger charge is 2.04. The molecule has 0 fully saturated rings. The summed E-state index contributed by atoms with van der Waals surface area (Å²) in [7, 11) is 5.06. The van der Waals surface area contributed by atoms with Crippen molar-refractivity contribution in [2.24, 2.45) is 0 Å². The second kappa shape index (κ2) is 3.88. The molecule has 0 spiro atoms. The van der Waals surface area contributed by atoms with Crippen LogP contribution in [0.4, 0.5) is 0 Å². The van der Waals surface area contributed by atoms with Gasteiger partial charge in [0.1, 0.15) is 0 Å². The number of hydrogen-bond acceptors (Lipinski definition) is 1. The molecule has 0 unspecified atom stereocenters. The fraction of sp³-hybridized carbons (Fsp3) is 1.00. The molecular weight excluding hydrogens is 171 g/mol. The maximum Gasteiger partial charge on any atom is 0.291 e. The first-order chi connectivity index (χ1) is 3.62. The van der Waals surface area contributed by atoms with Crippen LogP contribution in [0.25, 0.3) is 0 Å². The van der Waals surface area contributed by atoms with E-state index in [4.69, 9.17) is 20.5 Å². The van der Waals surface area contributed by atoms with Crippen molar-refractivity contribution in [3.8, 4) is 0 Å². The van der Waals surface area contributed by atoms with Crippen molar-refractivity contribution < 1.29 is 14.3 Å². The Morgan fingerprint density at radius 2 is 2.25 bits per heavy atom. The SMILES string of the molecule is CCOP(O)(O)=[SH]Cl. The van der Waals surface area contributed by atoms with Crippen molar-refractivity contribution in [3.63, 3.8) is 0 Å². The van der Waals surface area contributed by atoms with Gasteiger partial charge in [0.05, 0.1) is 6.61 Å². The molecule has 0 aliphatic carbocycles. The molecule has 0 amide bonds. The molecule has 8 heavy (non-hydrogen) atoms. The number of thiol groups is 1. The Labute approximate surface area is 56.0 Å². The van der Waals surface area contributed by atoms with Gasteiger partial charge >= 0.3 is 0 Å². The Kier molecular flexibility index (Phi) is 4.34. The molecule has 0 aliphatic heterocycles. The Bertz CT molecular complexity index is 110. The van der Waals surface area contributed by atoms with Gasteiger partial charge in [0.25, 0.3) is 6.72 Å². The highest BCUT2D eigenvalue weighted by atomic mass is 35.7. The van der Waals surface area contributed by atoms with Gasteiger partial charge in [-0.1, -0.05) is 0 Å². The van der Waals surface area contributed by atoms with Gasteiger partial charge in [-0.15, -0.1) is 0 Å². The second-order valence-electron chi connectivity index (χ2n) is 1.01. The summed E-state index contributed by atoms with van der Waals surface area (Å²) in [5.41, 5.74) is 0. The minimum absolute atomic E-state index is 0.00630. The molecule has 0 rings (SSSR count). The van der Waals surface area contributed by atoms with E-state index in [0.717, 1.165) is 0 Å². The van der Waals surface area contributed by atoms with E-state index in [9.17, 15) is 0 Å². The summed E-state index contributed by atoms with van der Waals surface area (Å²) in [4.78, 5) is 17.2. The summed E-state index contributed by atoms with van der Waals surface area (Å²) in [6.45, 7) is -1.24. The third-order valence-electron chi connectivity index (χ3n) is 0.401. The fourth-order valence-corrected chi connectivity index (χ4v) is 1.46. The van der Waals surface area contributed by atoms with Crippen LogP contribution >= 0.6 is 17.4 Å². The zero-order chi connectivity index (χ0) is 6.62. The van der Waals surface area contributed by atoms with Crippen LogP contribution in [0.1, 0.15) is 6.92 Å². The topological polar surface area (TPSA) is 49.7 Å². The standard InChI is InChI=1S/C2H8ClO3PS/c1-2-6-7(4,5)8-3/h4-5,8H,2H2,1H3. The lowest BCUT2D eigenvalue weighted by atomic mass is 10.9. The highest BCUT2D eigenvalue weighted by Crippen LogP contribution is 2.39. The Morgan fingerprint density at radius 1 is 1.75 bits per heavy atom. The van der Waals surface area contributed by atoms with Crippen molar-refractivity contribution in [3.05, 3.63) is 0 Å². The van der Waals surface area contributed by atoms with Crippen LogP contribution in [-0.4, -0.2) is 16.4 Å². The lowest BCUT2D eigenvalue weighted by Crippen LogP contribution is -1.85. The molecule has 0 aliphatic rings. The molecule has 0 bridgehead atoms. The van der Waals surface area contributed by atoms with Crippen molar-refractivity contribution in [2.45, 2.75) is 6.92 Å². The van der Waals surface area contributed by atoms with Gasteiger partial charge in [-0.3, -0.25) is 0 Å². The average molecular weight is 179 g/mol. The van der Waals surface area contributed by atoms with Crippen molar-refractivity contribution in [1.29, 1.82) is 0 Å². The zero-order valence-corrected chi connectivity index (χ0v) is 6.83. The number of hydrogen-bond donors (Lipinski definition) is 3. The molecule has 0 heterocycles. The van der Waals surface area contributed by atoms with Crippen molar-refractivity contribution in [2.75, 3.05) is 6.61 Å². The van der Waals surface area contributed by atoms with Crippen LogP contribution in [0, 0.1) is 0 Å². The molecule has 0 saturated heterocycles. The van der Waals surface area contributed by atoms with E-state index in [-0.39, 0.29) is 16.8 Å². The molecule has 6 heteroatoms. The van der Waals surface area contributed by atoms with Gasteiger partial charge in [0.15, 0.2) is 0 Å². The number of halogens is 1. The Hall–Kier alpha value is 0.950. The molecule has 0 aromatic heterocycles. The van der Waals surface area contributed by atoms with E-state index < -0.39 is 6.72 Å². The Morgan fingerprint density at radius 3 is 2.38 bits per heavy atom. The first-order valence-corrected chi connectivity index (χ1v) is 6.06. The van der Waals surface area contributed by atoms with Gasteiger partial charge in [-0.2, -0.15) is 0 Å². The summed E-state index contributed by atoms with van der Waals surface area (Å²) in [5, 5.41) is 0. The molecule has 3 nitrogen and oxygen atoms in total. The molecule has 2 N–H and O–H groups in total. The maximum atomic E-state index is 8.62. The third-order valence-corrected chi connectivity index (χ3v) is 3.91. The lowest BCUT2D eigenvalue weighted by Gasteiger charge is -2.06. The van der Waals surface area contributed by atoms with E-state index in [1.165, 1.54) is 0 Å². The zero-order valence-electron chi connectivity index (χ0n) is 4.28. The van der Waals surface area contributed by atoms with Crippen LogP contribution in [-0.2, 0) is 14.7 Å². The van der Waals surface area contributed by atoms with Gasteiger partial charge in [-0.05, 0) is 27.8 Å². The van der Waals surface area contributed by atoms with Gasteiger partial charge in [0.2, 0.25) is 0 Å². The van der Waals surface area contributed by atoms with Gasteiger partial charge in [-0.25, -0.2) is 0 Å². The first kappa shape index (κ1) is 8.95. The van der Waals surface area contributed by atoms with Gasteiger partial charge < -0.3 is 14.3 Å². The van der Waals surface area contributed by atoms with Crippen molar-refractivity contribution in [1.82, 2.24) is 0 Å². The quantitative estimate of drug-likeness (QED) is 0.430. The monoisotopic (exact) mass is 178 g/mol. The second-order valence-corrected chi connectivity index (χ2v) is 5.82. The predicted octanol–water partition coefficient (Wildman–Crippen LogP) is 0.654. The molecule has 0 aromatic carbocycles. The van der Waals surface area contributed by atoms with E-state index in [2.05, 4.69) is 4.52 Å². The highest BCUT2D eigenvalue weighted by molar-refractivity contribution is 8.29. The summed E-state index contributed by atoms with van der Waals surface area (Å²) >= 11 is 0. The minimum atomic E-state index is -3.19. The number of rotatable bonds is 2. The van der Waals surface area contributed by atoms with E-state index >= 15 is 0 Å². The Balaban J connectivity index is 3.74. The predicted molar refractivity (Wildman–Crippen MR) is 37.6 cm³/mol. The minimum Gasteiger partial charge on any atom is -0.328 e. The normalized spacial score (nSPS) is 12.0. The van der Waals surface area contributed by atoms with Crippen molar-refractivity contribution >= 4 is 27.6 Å². The van der Waals surface area contributed by atoms with E-state index in [1.807, 2.05) is 0 Å². The summed E-state index contributed by atoms with van der Waals surface area (Å²) in [6, 6.07) is 0. The summed E-state index contributed by atoms with van der Waals surface area (Å²) in [5.74, 6) is 0. The molecule has 0 radical (unpaired) electrons. The summed E-state index contributed by atoms with van der Waals surface area (Å²) < 4.78 is 4.46. The third kappa shape index (κ3) is 3.89. The van der Waals surface area contributed by atoms with Crippen LogP contribution < -0.4 is 0 Å². The fourth-order valence-electron chi connectivity index (χ4n) is 0.195. The van der Waals surface area contributed by atoms with Crippen LogP contribution in [0.15, 0.2) is 0 Å². The molecule has 0 saturated carbocycles. The first-order valence-electron chi connectivity index (χ1n) is 1.95. The largest absolute Gasteiger partial charge is 0.328 e. The van der Waals surface area contributed by atoms with Crippen LogP contribution in [0.3, 0.4) is 0 Å². The van der Waals surface area contributed by atoms with Gasteiger partial charge in [0, 0.05) is 0 Å². The van der Waals surface area contributed by atoms with E-state index in [1.54, 1.807) is 6.92 Å². The average Bonchev–Trinajstić information content (AvgIpc) is 1.67. The molecule has 0 aromatic rings. The maximum absolute atomic E-state index is 8.62. The van der Waals surface area contributed by atoms with E-state index in [0.29, 0.717) is 0 Å². The smallest absolute Gasteiger partial charge is 0.291 e. The lowest BCUT2D eigenvalue weighted by molar-refractivity contribution is 0.265. The van der Waals surface area contributed by atoms with Crippen LogP contribution in [0.5, 0.6) is 0 Å².